The minimum absolute atomic E-state index is 0. The Hall–Kier alpha value is -1.82. The van der Waals surface area contributed by atoms with E-state index in [0.29, 0.717) is 6.54 Å². The van der Waals surface area contributed by atoms with E-state index in [1.807, 2.05) is 7.05 Å². The molecule has 8 nitrogen and oxygen atoms in total. The Bertz CT molecular complexity index is 913. The zero-order chi connectivity index (χ0) is 21.1. The predicted molar refractivity (Wildman–Crippen MR) is 135 cm³/mol. The van der Waals surface area contributed by atoms with Gasteiger partial charge in [-0.1, -0.05) is 6.92 Å². The Kier molecular flexibility index (Phi) is 8.20. The van der Waals surface area contributed by atoms with Crippen LogP contribution in [0.2, 0.25) is 0 Å². The van der Waals surface area contributed by atoms with Crippen molar-refractivity contribution in [2.45, 2.75) is 39.3 Å². The number of rotatable bonds is 5. The summed E-state index contributed by atoms with van der Waals surface area (Å²) in [6.45, 7) is 8.42. The van der Waals surface area contributed by atoms with Crippen molar-refractivity contribution in [3.8, 4) is 11.5 Å². The van der Waals surface area contributed by atoms with Gasteiger partial charge in [0.2, 0.25) is 5.13 Å². The molecule has 0 aliphatic carbocycles. The van der Waals surface area contributed by atoms with Crippen LogP contribution in [0.5, 0.6) is 11.5 Å². The van der Waals surface area contributed by atoms with Crippen LogP contribution in [0, 0.1) is 0 Å². The molecule has 1 atom stereocenters. The fourth-order valence-corrected chi connectivity index (χ4v) is 4.74. The number of hydrogen-bond donors (Lipinski definition) is 1. The summed E-state index contributed by atoms with van der Waals surface area (Å²) in [4.78, 5) is 13.7. The molecule has 1 aromatic carbocycles. The minimum atomic E-state index is 0. The van der Waals surface area contributed by atoms with E-state index < -0.39 is 0 Å². The smallest absolute Gasteiger partial charge is 0.205 e. The van der Waals surface area contributed by atoms with Crippen molar-refractivity contribution < 1.29 is 9.47 Å². The third kappa shape index (κ3) is 5.33. The predicted octanol–water partition coefficient (Wildman–Crippen LogP) is 2.95. The summed E-state index contributed by atoms with van der Waals surface area (Å²) >= 11 is 1.49. The van der Waals surface area contributed by atoms with Gasteiger partial charge >= 0.3 is 0 Å². The maximum Gasteiger partial charge on any atom is 0.205 e. The number of nitrogens with one attached hydrogen (secondary N) is 1. The molecule has 4 rings (SSSR count). The van der Waals surface area contributed by atoms with Crippen LogP contribution < -0.4 is 19.7 Å². The highest BCUT2D eigenvalue weighted by Gasteiger charge is 2.24. The van der Waals surface area contributed by atoms with E-state index in [1.165, 1.54) is 17.1 Å². The topological polar surface area (TPSA) is 75.1 Å². The van der Waals surface area contributed by atoms with Crippen molar-refractivity contribution in [1.82, 2.24) is 19.6 Å². The number of aryl methyl sites for hydroxylation is 1. The summed E-state index contributed by atoms with van der Waals surface area (Å²) in [6.07, 6.45) is 2.03. The molecule has 2 aliphatic rings. The number of methoxy groups -OCH3 is 1. The van der Waals surface area contributed by atoms with Crippen LogP contribution in [0.3, 0.4) is 0 Å². The molecule has 0 saturated carbocycles. The average Bonchev–Trinajstić information content (AvgIpc) is 3.39. The van der Waals surface area contributed by atoms with Crippen molar-refractivity contribution in [3.05, 3.63) is 29.1 Å². The molecule has 31 heavy (non-hydrogen) atoms. The fourth-order valence-electron chi connectivity index (χ4n) is 3.94. The minimum Gasteiger partial charge on any atom is -0.496 e. The molecule has 1 N–H and O–H groups in total. The van der Waals surface area contributed by atoms with Crippen LogP contribution in [0.1, 0.15) is 30.8 Å². The molecular formula is C21H31IN6O2S. The summed E-state index contributed by atoms with van der Waals surface area (Å²) < 4.78 is 16.0. The van der Waals surface area contributed by atoms with E-state index in [2.05, 4.69) is 55.4 Å². The normalized spacial score (nSPS) is 18.3. The number of hydrogen-bond acceptors (Lipinski definition) is 7. The molecule has 2 aliphatic heterocycles. The first kappa shape index (κ1) is 23.8. The second-order valence-electron chi connectivity index (χ2n) is 7.63. The highest BCUT2D eigenvalue weighted by molar-refractivity contribution is 14.0. The molecule has 0 bridgehead atoms. The Morgan fingerprint density at radius 2 is 2.10 bits per heavy atom. The Morgan fingerprint density at radius 3 is 2.74 bits per heavy atom. The summed E-state index contributed by atoms with van der Waals surface area (Å²) in [5, 5.41) is 4.52. The lowest BCUT2D eigenvalue weighted by Crippen LogP contribution is -2.52. The molecule has 0 radical (unpaired) electrons. The molecule has 1 aromatic heterocycles. The van der Waals surface area contributed by atoms with Gasteiger partial charge in [-0.15, -0.1) is 24.0 Å². The van der Waals surface area contributed by atoms with Crippen molar-refractivity contribution >= 4 is 46.6 Å². The van der Waals surface area contributed by atoms with Gasteiger partial charge in [0.05, 0.1) is 7.11 Å². The Labute approximate surface area is 205 Å². The molecule has 1 saturated heterocycles. The van der Waals surface area contributed by atoms with Crippen LogP contribution >= 0.6 is 35.5 Å². The van der Waals surface area contributed by atoms with E-state index in [-0.39, 0.29) is 30.1 Å². The third-order valence-corrected chi connectivity index (χ3v) is 6.39. The molecule has 2 aromatic rings. The number of anilines is 1. The number of nitrogens with zero attached hydrogens (tertiary/aromatic N) is 5. The quantitative estimate of drug-likeness (QED) is 0.344. The zero-order valence-electron chi connectivity index (χ0n) is 18.6. The van der Waals surface area contributed by atoms with Crippen LogP contribution in [0.4, 0.5) is 5.13 Å². The maximum atomic E-state index is 5.92. The van der Waals surface area contributed by atoms with Gasteiger partial charge in [0, 0.05) is 75.3 Å². The number of fused-ring (bicyclic) bond motifs is 1. The number of aromatic nitrogens is 2. The molecule has 0 amide bonds. The van der Waals surface area contributed by atoms with E-state index >= 15 is 0 Å². The molecular weight excluding hydrogens is 527 g/mol. The largest absolute Gasteiger partial charge is 0.496 e. The van der Waals surface area contributed by atoms with Crippen molar-refractivity contribution in [3.63, 3.8) is 0 Å². The fraction of sp³-hybridized carbons (Fsp3) is 0.571. The number of ether oxygens (including phenoxy) is 2. The van der Waals surface area contributed by atoms with Crippen LogP contribution in [0.25, 0.3) is 0 Å². The van der Waals surface area contributed by atoms with Crippen molar-refractivity contribution in [2.75, 3.05) is 45.2 Å². The molecule has 10 heteroatoms. The SMILES string of the molecule is CCc1nsc(N2CCN(C(=NC)NCc3cc4c(cc3OC)CC(C)O4)CC2)n1.I. The zero-order valence-corrected chi connectivity index (χ0v) is 21.7. The first-order valence-corrected chi connectivity index (χ1v) is 11.3. The molecule has 3 heterocycles. The molecule has 170 valence electrons. The summed E-state index contributed by atoms with van der Waals surface area (Å²) in [5.41, 5.74) is 2.29. The average molecular weight is 558 g/mol. The van der Waals surface area contributed by atoms with Crippen molar-refractivity contribution in [1.29, 1.82) is 0 Å². The lowest BCUT2D eigenvalue weighted by atomic mass is 10.1. The first-order valence-electron chi connectivity index (χ1n) is 10.5. The highest BCUT2D eigenvalue weighted by atomic mass is 127. The van der Waals surface area contributed by atoms with Gasteiger partial charge in [-0.25, -0.2) is 4.98 Å². The Morgan fingerprint density at radius 1 is 1.32 bits per heavy atom. The monoisotopic (exact) mass is 558 g/mol. The molecule has 0 spiro atoms. The van der Waals surface area contributed by atoms with Gasteiger partial charge in [-0.05, 0) is 19.1 Å². The molecule has 1 unspecified atom stereocenters. The first-order chi connectivity index (χ1) is 14.6. The van der Waals surface area contributed by atoms with E-state index in [1.54, 1.807) is 7.11 Å². The Balaban J connectivity index is 0.00000272. The summed E-state index contributed by atoms with van der Waals surface area (Å²) in [6, 6.07) is 4.20. The van der Waals surface area contributed by atoms with Gasteiger partial charge in [0.1, 0.15) is 23.4 Å². The second-order valence-corrected chi connectivity index (χ2v) is 8.36. The van der Waals surface area contributed by atoms with Crippen LogP contribution in [0.15, 0.2) is 17.1 Å². The summed E-state index contributed by atoms with van der Waals surface area (Å²) in [5.74, 6) is 3.68. The number of aliphatic imine (C=N–C) groups is 1. The van der Waals surface area contributed by atoms with Crippen LogP contribution in [-0.4, -0.2) is 66.7 Å². The number of benzene rings is 1. The van der Waals surface area contributed by atoms with Gasteiger partial charge in [0.15, 0.2) is 5.96 Å². The highest BCUT2D eigenvalue weighted by Crippen LogP contribution is 2.35. The van der Waals surface area contributed by atoms with Gasteiger partial charge in [-0.3, -0.25) is 4.99 Å². The number of piperazine rings is 1. The van der Waals surface area contributed by atoms with Crippen molar-refractivity contribution in [2.24, 2.45) is 4.99 Å². The van der Waals surface area contributed by atoms with Gasteiger partial charge in [-0.2, -0.15) is 4.37 Å². The standard InChI is InChI=1S/C21H30N6O2S.HI/c1-5-19-24-21(30-25-19)27-8-6-26(7-9-27)20(22-3)23-13-16-12-18-15(10-14(2)29-18)11-17(16)28-4;/h11-12,14H,5-10,13H2,1-4H3,(H,22,23);1H. The van der Waals surface area contributed by atoms with E-state index in [9.17, 15) is 0 Å². The lowest BCUT2D eigenvalue weighted by Gasteiger charge is -2.36. The summed E-state index contributed by atoms with van der Waals surface area (Å²) in [7, 11) is 3.55. The molecule has 1 fully saturated rings. The second kappa shape index (κ2) is 10.7. The van der Waals surface area contributed by atoms with Gasteiger partial charge in [0.25, 0.3) is 0 Å². The number of guanidine groups is 1. The van der Waals surface area contributed by atoms with Crippen LogP contribution in [-0.2, 0) is 19.4 Å². The lowest BCUT2D eigenvalue weighted by molar-refractivity contribution is 0.254. The maximum absolute atomic E-state index is 5.92. The van der Waals surface area contributed by atoms with Gasteiger partial charge < -0.3 is 24.6 Å². The third-order valence-electron chi connectivity index (χ3n) is 5.57. The van der Waals surface area contributed by atoms with E-state index in [0.717, 1.165) is 73.0 Å². The number of halogens is 1. The van der Waals surface area contributed by atoms with E-state index in [4.69, 9.17) is 9.47 Å².